The topological polar surface area (TPSA) is 38.5 Å². The van der Waals surface area contributed by atoms with Gasteiger partial charge in [-0.3, -0.25) is 4.67 Å². The molecular weight excluding hydrogens is 135 g/mol. The number of nitrogens with zero attached hydrogens (tertiary/aromatic N) is 1. The summed E-state index contributed by atoms with van der Waals surface area (Å²) in [5, 5.41) is 0. The highest BCUT2D eigenvalue weighted by Crippen LogP contribution is 2.07. The highest BCUT2D eigenvalue weighted by molar-refractivity contribution is 7.13. The summed E-state index contributed by atoms with van der Waals surface area (Å²) in [7, 11) is 2.66. The Kier molecular flexibility index (Phi) is 2.86. The Morgan fingerprint density at radius 2 is 2.56 bits per heavy atom. The summed E-state index contributed by atoms with van der Waals surface area (Å²) >= 11 is 0. The minimum absolute atomic E-state index is 0.247. The standard InChI is InChI=1S/C5H13N2OP/c6-3-5-4-7(9)1-2-8-5/h5H,1-4,6,9H2/t5-/m0/s1. The predicted octanol–water partition coefficient (Wildman–Crippen LogP) is -0.564. The molecule has 0 bridgehead atoms. The molecule has 4 heteroatoms. The van der Waals surface area contributed by atoms with Gasteiger partial charge in [-0.1, -0.05) is 9.39 Å². The maximum atomic E-state index is 5.40. The number of ether oxygens (including phenoxy) is 1. The van der Waals surface area contributed by atoms with Gasteiger partial charge >= 0.3 is 0 Å². The molecule has 1 aliphatic heterocycles. The van der Waals surface area contributed by atoms with E-state index in [-0.39, 0.29) is 6.10 Å². The van der Waals surface area contributed by atoms with Gasteiger partial charge in [-0.2, -0.15) is 0 Å². The smallest absolute Gasteiger partial charge is 0.0827 e. The van der Waals surface area contributed by atoms with Crippen LogP contribution in [0.5, 0.6) is 0 Å². The Morgan fingerprint density at radius 1 is 1.78 bits per heavy atom. The average molecular weight is 148 g/mol. The molecule has 1 heterocycles. The molecule has 2 atom stereocenters. The zero-order valence-corrected chi connectivity index (χ0v) is 6.57. The van der Waals surface area contributed by atoms with Gasteiger partial charge < -0.3 is 10.5 Å². The third-order valence-corrected chi connectivity index (χ3v) is 1.90. The van der Waals surface area contributed by atoms with Crippen molar-refractivity contribution < 1.29 is 4.74 Å². The second-order valence-electron chi connectivity index (χ2n) is 2.22. The van der Waals surface area contributed by atoms with Gasteiger partial charge in [0.15, 0.2) is 0 Å². The van der Waals surface area contributed by atoms with Crippen LogP contribution >= 0.6 is 9.39 Å². The van der Waals surface area contributed by atoms with E-state index in [1.807, 2.05) is 0 Å². The molecule has 0 spiro atoms. The second-order valence-corrected chi connectivity index (χ2v) is 2.95. The first kappa shape index (κ1) is 7.42. The molecule has 0 aliphatic carbocycles. The summed E-state index contributed by atoms with van der Waals surface area (Å²) in [5.41, 5.74) is 5.40. The molecule has 1 fully saturated rings. The van der Waals surface area contributed by atoms with Crippen molar-refractivity contribution in [1.29, 1.82) is 0 Å². The van der Waals surface area contributed by atoms with Gasteiger partial charge in [0.1, 0.15) is 0 Å². The molecule has 1 unspecified atom stereocenters. The van der Waals surface area contributed by atoms with Gasteiger partial charge in [-0.15, -0.1) is 0 Å². The zero-order chi connectivity index (χ0) is 6.69. The minimum Gasteiger partial charge on any atom is -0.374 e. The van der Waals surface area contributed by atoms with Gasteiger partial charge in [0, 0.05) is 19.6 Å². The highest BCUT2D eigenvalue weighted by Gasteiger charge is 2.15. The number of hydrogen-bond acceptors (Lipinski definition) is 3. The molecule has 1 aliphatic rings. The molecule has 0 saturated carbocycles. The second kappa shape index (κ2) is 3.47. The van der Waals surface area contributed by atoms with Crippen molar-refractivity contribution in [3.63, 3.8) is 0 Å². The summed E-state index contributed by atoms with van der Waals surface area (Å²) in [6.07, 6.45) is 0.247. The van der Waals surface area contributed by atoms with Gasteiger partial charge in [0.25, 0.3) is 0 Å². The Labute approximate surface area is 57.8 Å². The van der Waals surface area contributed by atoms with Crippen LogP contribution < -0.4 is 5.73 Å². The molecule has 0 radical (unpaired) electrons. The van der Waals surface area contributed by atoms with Crippen LogP contribution in [0.15, 0.2) is 0 Å². The molecule has 54 valence electrons. The number of rotatable bonds is 1. The van der Waals surface area contributed by atoms with Crippen LogP contribution in [0.3, 0.4) is 0 Å². The van der Waals surface area contributed by atoms with Crippen LogP contribution in [-0.2, 0) is 4.74 Å². The van der Waals surface area contributed by atoms with Crippen LogP contribution in [0.1, 0.15) is 0 Å². The molecule has 0 aromatic carbocycles. The van der Waals surface area contributed by atoms with Crippen molar-refractivity contribution in [3.05, 3.63) is 0 Å². The summed E-state index contributed by atoms with van der Waals surface area (Å²) in [6, 6.07) is 0. The van der Waals surface area contributed by atoms with Gasteiger partial charge in [-0.25, -0.2) is 0 Å². The van der Waals surface area contributed by atoms with Crippen LogP contribution in [0.25, 0.3) is 0 Å². The fourth-order valence-corrected chi connectivity index (χ4v) is 1.23. The lowest BCUT2D eigenvalue weighted by atomic mass is 10.3. The first-order valence-electron chi connectivity index (χ1n) is 3.14. The number of morpholine rings is 1. The zero-order valence-electron chi connectivity index (χ0n) is 5.42. The molecule has 3 nitrogen and oxygen atoms in total. The number of hydrogen-bond donors (Lipinski definition) is 1. The van der Waals surface area contributed by atoms with E-state index < -0.39 is 0 Å². The first-order valence-corrected chi connectivity index (χ1v) is 3.66. The fourth-order valence-electron chi connectivity index (χ4n) is 0.885. The van der Waals surface area contributed by atoms with Gasteiger partial charge in [-0.05, 0) is 0 Å². The predicted molar refractivity (Wildman–Crippen MR) is 40.1 cm³/mol. The van der Waals surface area contributed by atoms with Crippen molar-refractivity contribution >= 4 is 9.39 Å². The summed E-state index contributed by atoms with van der Waals surface area (Å²) < 4.78 is 7.47. The first-order chi connectivity index (χ1) is 4.33. The van der Waals surface area contributed by atoms with E-state index in [0.717, 1.165) is 19.7 Å². The SMILES string of the molecule is NC[C@H]1CN(P)CCO1. The van der Waals surface area contributed by atoms with Gasteiger partial charge in [0.05, 0.1) is 12.7 Å². The minimum atomic E-state index is 0.247. The molecule has 0 aromatic heterocycles. The molecular formula is C5H13N2OP. The number of nitrogens with two attached hydrogens (primary N) is 1. The highest BCUT2D eigenvalue weighted by atomic mass is 31.0. The summed E-state index contributed by atoms with van der Waals surface area (Å²) in [6.45, 7) is 3.39. The third-order valence-electron chi connectivity index (χ3n) is 1.43. The molecule has 0 aromatic rings. The van der Waals surface area contributed by atoms with Crippen molar-refractivity contribution in [1.82, 2.24) is 4.67 Å². The lowest BCUT2D eigenvalue weighted by Gasteiger charge is -2.28. The summed E-state index contributed by atoms with van der Waals surface area (Å²) in [4.78, 5) is 0. The molecule has 2 N–H and O–H groups in total. The van der Waals surface area contributed by atoms with E-state index in [4.69, 9.17) is 10.5 Å². The van der Waals surface area contributed by atoms with E-state index in [1.165, 1.54) is 0 Å². The lowest BCUT2D eigenvalue weighted by molar-refractivity contribution is 0.00729. The summed E-state index contributed by atoms with van der Waals surface area (Å²) in [5.74, 6) is 0. The van der Waals surface area contributed by atoms with Crippen molar-refractivity contribution in [2.45, 2.75) is 6.10 Å². The normalized spacial score (nSPS) is 30.7. The monoisotopic (exact) mass is 148 g/mol. The quantitative estimate of drug-likeness (QED) is 0.506. The van der Waals surface area contributed by atoms with Crippen LogP contribution in [0.2, 0.25) is 0 Å². The molecule has 1 rings (SSSR count). The van der Waals surface area contributed by atoms with Crippen molar-refractivity contribution in [3.8, 4) is 0 Å². The molecule has 1 saturated heterocycles. The van der Waals surface area contributed by atoms with Crippen molar-refractivity contribution in [2.24, 2.45) is 5.73 Å². The van der Waals surface area contributed by atoms with E-state index in [1.54, 1.807) is 0 Å². The van der Waals surface area contributed by atoms with E-state index in [0.29, 0.717) is 6.54 Å². The Hall–Kier alpha value is 0.310. The Morgan fingerprint density at radius 3 is 3.00 bits per heavy atom. The lowest BCUT2D eigenvalue weighted by Crippen LogP contribution is -2.40. The third kappa shape index (κ3) is 2.18. The Balaban J connectivity index is 2.23. The average Bonchev–Trinajstić information content (AvgIpc) is 1.88. The fraction of sp³-hybridized carbons (Fsp3) is 1.00. The maximum absolute atomic E-state index is 5.40. The maximum Gasteiger partial charge on any atom is 0.0827 e. The van der Waals surface area contributed by atoms with Crippen LogP contribution in [0.4, 0.5) is 0 Å². The Bertz CT molecular complexity index is 91.0. The van der Waals surface area contributed by atoms with E-state index in [9.17, 15) is 0 Å². The van der Waals surface area contributed by atoms with E-state index in [2.05, 4.69) is 14.1 Å². The van der Waals surface area contributed by atoms with Gasteiger partial charge in [0.2, 0.25) is 0 Å². The van der Waals surface area contributed by atoms with Crippen molar-refractivity contribution in [2.75, 3.05) is 26.2 Å². The van der Waals surface area contributed by atoms with Crippen LogP contribution in [0, 0.1) is 0 Å². The molecule has 9 heavy (non-hydrogen) atoms. The largest absolute Gasteiger partial charge is 0.374 e. The van der Waals surface area contributed by atoms with E-state index >= 15 is 0 Å². The van der Waals surface area contributed by atoms with Crippen LogP contribution in [-0.4, -0.2) is 37.0 Å². The molecule has 0 amide bonds.